The molecule has 0 amide bonds. The van der Waals surface area contributed by atoms with Gasteiger partial charge < -0.3 is 10.1 Å². The lowest BCUT2D eigenvalue weighted by atomic mass is 10.3. The third-order valence-electron chi connectivity index (χ3n) is 2.14. The average Bonchev–Trinajstić information content (AvgIpc) is 2.27. The Labute approximate surface area is 103 Å². The highest BCUT2D eigenvalue weighted by Crippen LogP contribution is 2.08. The average molecular weight is 248 g/mol. The van der Waals surface area contributed by atoms with Gasteiger partial charge in [-0.3, -0.25) is 10.4 Å². The first-order chi connectivity index (χ1) is 7.63. The van der Waals surface area contributed by atoms with Crippen molar-refractivity contribution in [3.8, 4) is 0 Å². The minimum Gasteiger partial charge on any atom is -0.383 e. The van der Waals surface area contributed by atoms with Crippen LogP contribution in [-0.2, 0) is 4.74 Å². The first kappa shape index (κ1) is 15.5. The molecule has 0 aromatic heterocycles. The number of nitrogens with zero attached hydrogens (tertiary/aromatic N) is 1. The quantitative estimate of drug-likeness (QED) is 0.266. The molecular weight excluding hydrogens is 224 g/mol. The van der Waals surface area contributed by atoms with Crippen LogP contribution in [0.5, 0.6) is 0 Å². The molecule has 6 heteroatoms. The summed E-state index contributed by atoms with van der Waals surface area (Å²) in [5.41, 5.74) is 2.56. The van der Waals surface area contributed by atoms with E-state index < -0.39 is 0 Å². The maximum atomic E-state index is 5.38. The van der Waals surface area contributed by atoms with Gasteiger partial charge in [0.15, 0.2) is 0 Å². The van der Waals surface area contributed by atoms with Gasteiger partial charge in [-0.15, -0.1) is 0 Å². The number of hydrogen-bond donors (Lipinski definition) is 3. The lowest BCUT2D eigenvalue weighted by Gasteiger charge is -2.15. The maximum absolute atomic E-state index is 5.38. The summed E-state index contributed by atoms with van der Waals surface area (Å²) < 4.78 is 5.02. The van der Waals surface area contributed by atoms with Gasteiger partial charge in [-0.05, 0) is 19.6 Å². The van der Waals surface area contributed by atoms with Crippen LogP contribution in [0.2, 0.25) is 0 Å². The van der Waals surface area contributed by atoms with Crippen molar-refractivity contribution >= 4 is 17.7 Å². The number of rotatable bonds is 7. The normalized spacial score (nSPS) is 15.7. The number of thioether (sulfide) groups is 1. The van der Waals surface area contributed by atoms with Gasteiger partial charge in [-0.2, -0.15) is 11.8 Å². The molecule has 0 aromatic carbocycles. The number of hydrogen-bond acceptors (Lipinski definition) is 4. The summed E-state index contributed by atoms with van der Waals surface area (Å²) in [6.07, 6.45) is 3.15. The van der Waals surface area contributed by atoms with Crippen LogP contribution < -0.4 is 16.6 Å². The zero-order valence-corrected chi connectivity index (χ0v) is 11.4. The van der Waals surface area contributed by atoms with E-state index in [1.807, 2.05) is 18.7 Å². The van der Waals surface area contributed by atoms with E-state index in [2.05, 4.69) is 28.9 Å². The molecule has 0 bridgehead atoms. The van der Waals surface area contributed by atoms with Gasteiger partial charge in [0, 0.05) is 24.9 Å². The molecule has 4 N–H and O–H groups in total. The number of nitrogens with one attached hydrogen (secondary N) is 2. The molecule has 0 radical (unpaired) electrons. The second-order valence-corrected chi connectivity index (χ2v) is 4.99. The van der Waals surface area contributed by atoms with Crippen molar-refractivity contribution in [2.45, 2.75) is 31.6 Å². The third kappa shape index (κ3) is 7.78. The first-order valence-corrected chi connectivity index (χ1v) is 6.72. The summed E-state index contributed by atoms with van der Waals surface area (Å²) in [7, 11) is 1.67. The van der Waals surface area contributed by atoms with Crippen molar-refractivity contribution in [1.29, 1.82) is 0 Å². The number of ether oxygens (including phenoxy) is 1. The van der Waals surface area contributed by atoms with E-state index in [-0.39, 0.29) is 6.04 Å². The Balaban J connectivity index is 3.91. The minimum absolute atomic E-state index is 0.192. The molecule has 2 unspecified atom stereocenters. The van der Waals surface area contributed by atoms with Gasteiger partial charge in [0.2, 0.25) is 5.96 Å². The van der Waals surface area contributed by atoms with E-state index in [1.165, 1.54) is 0 Å². The van der Waals surface area contributed by atoms with E-state index in [0.717, 1.165) is 13.0 Å². The van der Waals surface area contributed by atoms with E-state index >= 15 is 0 Å². The van der Waals surface area contributed by atoms with Gasteiger partial charge in [-0.1, -0.05) is 6.92 Å². The molecule has 0 saturated carbocycles. The zero-order valence-electron chi connectivity index (χ0n) is 10.6. The van der Waals surface area contributed by atoms with Crippen LogP contribution in [-0.4, -0.2) is 43.8 Å². The predicted molar refractivity (Wildman–Crippen MR) is 71.7 cm³/mol. The van der Waals surface area contributed by atoms with Crippen molar-refractivity contribution in [2.75, 3.05) is 26.5 Å². The van der Waals surface area contributed by atoms with Gasteiger partial charge in [-0.25, -0.2) is 5.84 Å². The summed E-state index contributed by atoms with van der Waals surface area (Å²) in [5.74, 6) is 6.00. The largest absolute Gasteiger partial charge is 0.383 e. The number of aliphatic imine (C=N–C) groups is 1. The molecule has 0 heterocycles. The molecule has 0 rings (SSSR count). The summed E-state index contributed by atoms with van der Waals surface area (Å²) in [5, 5.41) is 3.77. The van der Waals surface area contributed by atoms with E-state index in [0.29, 0.717) is 17.8 Å². The van der Waals surface area contributed by atoms with Crippen LogP contribution in [0.3, 0.4) is 0 Å². The van der Waals surface area contributed by atoms with E-state index in [1.54, 1.807) is 7.11 Å². The predicted octanol–water partition coefficient (Wildman–Crippen LogP) is 0.572. The first-order valence-electron chi connectivity index (χ1n) is 5.43. The smallest absolute Gasteiger partial charge is 0.206 e. The SMILES string of the molecule is COCC(C)NC(=NCCC(C)SC)NN. The Morgan fingerprint density at radius 1 is 1.50 bits per heavy atom. The molecule has 0 saturated heterocycles. The maximum Gasteiger partial charge on any atom is 0.206 e. The topological polar surface area (TPSA) is 71.7 Å². The molecule has 0 aromatic rings. The van der Waals surface area contributed by atoms with Crippen molar-refractivity contribution in [3.63, 3.8) is 0 Å². The molecule has 0 spiro atoms. The Hall–Kier alpha value is -0.460. The number of guanidine groups is 1. The van der Waals surface area contributed by atoms with Crippen molar-refractivity contribution < 1.29 is 4.74 Å². The fourth-order valence-electron chi connectivity index (χ4n) is 1.13. The summed E-state index contributed by atoms with van der Waals surface area (Å²) in [6.45, 7) is 5.60. The molecule has 5 nitrogen and oxygen atoms in total. The van der Waals surface area contributed by atoms with Crippen molar-refractivity contribution in [2.24, 2.45) is 10.8 Å². The lowest BCUT2D eigenvalue weighted by Crippen LogP contribution is -2.47. The second kappa shape index (κ2) is 9.74. The molecular formula is C10H24N4OS. The standard InChI is InChI=1S/C10H24N4OS/c1-8(7-15-3)13-10(14-11)12-6-5-9(2)16-4/h8-9H,5-7,11H2,1-4H3,(H2,12,13,14). The molecule has 16 heavy (non-hydrogen) atoms. The van der Waals surface area contributed by atoms with Crippen LogP contribution >= 0.6 is 11.8 Å². The summed E-state index contributed by atoms with van der Waals surface area (Å²) in [4.78, 5) is 4.35. The number of methoxy groups -OCH3 is 1. The van der Waals surface area contributed by atoms with E-state index in [4.69, 9.17) is 10.6 Å². The van der Waals surface area contributed by atoms with Gasteiger partial charge in [0.25, 0.3) is 0 Å². The molecule has 0 aliphatic rings. The highest BCUT2D eigenvalue weighted by atomic mass is 32.2. The highest BCUT2D eigenvalue weighted by Gasteiger charge is 2.04. The summed E-state index contributed by atoms with van der Waals surface area (Å²) in [6, 6.07) is 0.192. The van der Waals surface area contributed by atoms with Crippen molar-refractivity contribution in [3.05, 3.63) is 0 Å². The molecule has 96 valence electrons. The van der Waals surface area contributed by atoms with Gasteiger partial charge >= 0.3 is 0 Å². The Morgan fingerprint density at radius 3 is 2.69 bits per heavy atom. The molecule has 0 aliphatic heterocycles. The fraction of sp³-hybridized carbons (Fsp3) is 0.900. The van der Waals surface area contributed by atoms with Crippen LogP contribution in [0.4, 0.5) is 0 Å². The zero-order chi connectivity index (χ0) is 12.4. The molecule has 0 fully saturated rings. The van der Waals surface area contributed by atoms with Crippen LogP contribution in [0.15, 0.2) is 4.99 Å². The lowest BCUT2D eigenvalue weighted by molar-refractivity contribution is 0.179. The monoisotopic (exact) mass is 248 g/mol. The van der Waals surface area contributed by atoms with E-state index in [9.17, 15) is 0 Å². The van der Waals surface area contributed by atoms with Crippen molar-refractivity contribution in [1.82, 2.24) is 10.7 Å². The van der Waals surface area contributed by atoms with Crippen LogP contribution in [0.25, 0.3) is 0 Å². The number of hydrazine groups is 1. The van der Waals surface area contributed by atoms with Crippen LogP contribution in [0.1, 0.15) is 20.3 Å². The summed E-state index contributed by atoms with van der Waals surface area (Å²) >= 11 is 1.84. The highest BCUT2D eigenvalue weighted by molar-refractivity contribution is 7.99. The van der Waals surface area contributed by atoms with Crippen LogP contribution in [0, 0.1) is 0 Å². The Bertz CT molecular complexity index is 201. The minimum atomic E-state index is 0.192. The fourth-order valence-corrected chi connectivity index (χ4v) is 1.48. The Kier molecular flexibility index (Phi) is 9.46. The molecule has 2 atom stereocenters. The number of nitrogens with two attached hydrogens (primary N) is 1. The molecule has 0 aliphatic carbocycles. The second-order valence-electron chi connectivity index (χ2n) is 3.71. The van der Waals surface area contributed by atoms with Gasteiger partial charge in [0.05, 0.1) is 6.61 Å². The third-order valence-corrected chi connectivity index (χ3v) is 3.18. The Morgan fingerprint density at radius 2 is 2.19 bits per heavy atom. The van der Waals surface area contributed by atoms with Gasteiger partial charge in [0.1, 0.15) is 0 Å².